The number of aliphatic carboxylic acids is 1. The van der Waals surface area contributed by atoms with Gasteiger partial charge >= 0.3 is 11.9 Å². The molecule has 0 aromatic rings. The number of hydrogen-bond donors (Lipinski definition) is 1. The van der Waals surface area contributed by atoms with Crippen LogP contribution in [0.15, 0.2) is 0 Å². The Morgan fingerprint density at radius 3 is 1.77 bits per heavy atom. The Kier molecular flexibility index (Phi) is 18.0. The topological polar surface area (TPSA) is 63.6 Å². The summed E-state index contributed by atoms with van der Waals surface area (Å²) in [6.07, 6.45) is 17.5. The van der Waals surface area contributed by atoms with E-state index in [1.807, 2.05) is 0 Å². The summed E-state index contributed by atoms with van der Waals surface area (Å²) in [5.41, 5.74) is 0. The molecule has 0 aliphatic heterocycles. The maximum absolute atomic E-state index is 12.0. The van der Waals surface area contributed by atoms with Gasteiger partial charge < -0.3 is 9.84 Å². The van der Waals surface area contributed by atoms with Gasteiger partial charge in [-0.1, -0.05) is 78.1 Å². The van der Waals surface area contributed by atoms with Crippen molar-refractivity contribution in [2.45, 2.75) is 129 Å². The molecule has 26 heavy (non-hydrogen) atoms. The van der Waals surface area contributed by atoms with Gasteiger partial charge in [0.2, 0.25) is 0 Å². The highest BCUT2D eigenvalue weighted by atomic mass is 16.5. The monoisotopic (exact) mass is 370 g/mol. The summed E-state index contributed by atoms with van der Waals surface area (Å²) in [5, 5.41) is 8.62. The Balaban J connectivity index is 3.80. The number of unbranched alkanes of at least 4 members (excludes halogenated alkanes) is 10. The molecule has 0 aliphatic rings. The van der Waals surface area contributed by atoms with Crippen molar-refractivity contribution in [3.63, 3.8) is 0 Å². The maximum atomic E-state index is 12.0. The summed E-state index contributed by atoms with van der Waals surface area (Å²) in [4.78, 5) is 22.4. The van der Waals surface area contributed by atoms with Crippen LogP contribution in [0.2, 0.25) is 0 Å². The SMILES string of the molecule is CCCCCCCCCCCC(CCCC)OC(=O)CCCCC(=O)O. The predicted molar refractivity (Wildman–Crippen MR) is 107 cm³/mol. The highest BCUT2D eigenvalue weighted by molar-refractivity contribution is 5.70. The first-order chi connectivity index (χ1) is 12.6. The van der Waals surface area contributed by atoms with E-state index in [1.165, 1.54) is 51.4 Å². The molecule has 154 valence electrons. The van der Waals surface area contributed by atoms with Crippen molar-refractivity contribution in [3.05, 3.63) is 0 Å². The highest BCUT2D eigenvalue weighted by Crippen LogP contribution is 2.17. The molecule has 0 radical (unpaired) electrons. The number of carbonyl (C=O) groups is 2. The van der Waals surface area contributed by atoms with Gasteiger partial charge in [0.1, 0.15) is 6.10 Å². The molecule has 0 heterocycles. The van der Waals surface area contributed by atoms with E-state index in [-0.39, 0.29) is 18.5 Å². The van der Waals surface area contributed by atoms with E-state index < -0.39 is 5.97 Å². The lowest BCUT2D eigenvalue weighted by Crippen LogP contribution is -2.18. The molecular weight excluding hydrogens is 328 g/mol. The molecule has 0 amide bonds. The third kappa shape index (κ3) is 17.8. The Hall–Kier alpha value is -1.06. The minimum atomic E-state index is -0.801. The van der Waals surface area contributed by atoms with Crippen molar-refractivity contribution >= 4 is 11.9 Å². The van der Waals surface area contributed by atoms with Crippen LogP contribution in [0.4, 0.5) is 0 Å². The minimum absolute atomic E-state index is 0.0477. The van der Waals surface area contributed by atoms with Crippen LogP contribution in [-0.2, 0) is 14.3 Å². The fourth-order valence-electron chi connectivity index (χ4n) is 3.17. The molecule has 4 nitrogen and oxygen atoms in total. The number of carboxylic acids is 1. The molecule has 0 spiro atoms. The first-order valence-electron chi connectivity index (χ1n) is 11.0. The third-order valence-corrected chi connectivity index (χ3v) is 4.83. The largest absolute Gasteiger partial charge is 0.481 e. The van der Waals surface area contributed by atoms with Crippen LogP contribution in [0, 0.1) is 0 Å². The highest BCUT2D eigenvalue weighted by Gasteiger charge is 2.14. The van der Waals surface area contributed by atoms with Crippen molar-refractivity contribution < 1.29 is 19.4 Å². The zero-order chi connectivity index (χ0) is 19.5. The van der Waals surface area contributed by atoms with E-state index in [4.69, 9.17) is 9.84 Å². The van der Waals surface area contributed by atoms with Gasteiger partial charge in [-0.3, -0.25) is 9.59 Å². The molecule has 0 aromatic heterocycles. The second-order valence-corrected chi connectivity index (χ2v) is 7.47. The van der Waals surface area contributed by atoms with Gasteiger partial charge in [-0.05, 0) is 32.1 Å². The molecule has 0 aromatic carbocycles. The first kappa shape index (κ1) is 24.9. The Morgan fingerprint density at radius 2 is 1.19 bits per heavy atom. The van der Waals surface area contributed by atoms with Crippen molar-refractivity contribution in [1.29, 1.82) is 0 Å². The molecule has 0 saturated heterocycles. The standard InChI is InChI=1S/C22H42O4/c1-3-5-7-8-9-10-11-12-13-17-20(16-6-4-2)26-22(25)19-15-14-18-21(23)24/h20H,3-19H2,1-2H3,(H,23,24). The molecule has 1 unspecified atom stereocenters. The van der Waals surface area contributed by atoms with Crippen molar-refractivity contribution in [3.8, 4) is 0 Å². The molecule has 0 bridgehead atoms. The summed E-state index contributed by atoms with van der Waals surface area (Å²) in [5.74, 6) is -0.961. The molecule has 0 fully saturated rings. The van der Waals surface area contributed by atoms with E-state index in [1.54, 1.807) is 0 Å². The van der Waals surface area contributed by atoms with Crippen LogP contribution in [0.3, 0.4) is 0 Å². The van der Waals surface area contributed by atoms with Gasteiger partial charge in [0.15, 0.2) is 0 Å². The molecule has 0 saturated carbocycles. The second-order valence-electron chi connectivity index (χ2n) is 7.47. The number of rotatable bonds is 19. The third-order valence-electron chi connectivity index (χ3n) is 4.83. The van der Waals surface area contributed by atoms with E-state index in [2.05, 4.69) is 13.8 Å². The normalized spacial score (nSPS) is 12.1. The zero-order valence-electron chi connectivity index (χ0n) is 17.3. The van der Waals surface area contributed by atoms with Crippen molar-refractivity contribution in [2.75, 3.05) is 0 Å². The zero-order valence-corrected chi connectivity index (χ0v) is 17.3. The second kappa shape index (κ2) is 18.7. The molecular formula is C22H42O4. The lowest BCUT2D eigenvalue weighted by Gasteiger charge is -2.18. The smallest absolute Gasteiger partial charge is 0.306 e. The van der Waals surface area contributed by atoms with Crippen LogP contribution in [0.5, 0.6) is 0 Å². The van der Waals surface area contributed by atoms with Crippen LogP contribution in [0.1, 0.15) is 123 Å². The van der Waals surface area contributed by atoms with Gasteiger partial charge in [0, 0.05) is 12.8 Å². The number of carboxylic acid groups (broad SMARTS) is 1. The van der Waals surface area contributed by atoms with Gasteiger partial charge in [-0.25, -0.2) is 0 Å². The number of esters is 1. The van der Waals surface area contributed by atoms with Crippen LogP contribution in [-0.4, -0.2) is 23.1 Å². The Labute approximate surface area is 161 Å². The average Bonchev–Trinajstić information content (AvgIpc) is 2.61. The molecule has 1 atom stereocenters. The van der Waals surface area contributed by atoms with E-state index in [0.29, 0.717) is 19.3 Å². The van der Waals surface area contributed by atoms with E-state index in [9.17, 15) is 9.59 Å². The first-order valence-corrected chi connectivity index (χ1v) is 11.0. The van der Waals surface area contributed by atoms with Gasteiger partial charge in [0.05, 0.1) is 0 Å². The number of ether oxygens (including phenoxy) is 1. The van der Waals surface area contributed by atoms with Crippen LogP contribution in [0.25, 0.3) is 0 Å². The lowest BCUT2D eigenvalue weighted by atomic mass is 10.0. The Bertz CT molecular complexity index is 341. The summed E-state index contributed by atoms with van der Waals surface area (Å²) in [6.45, 7) is 4.40. The fraction of sp³-hybridized carbons (Fsp3) is 0.909. The number of carbonyl (C=O) groups excluding carboxylic acids is 1. The number of hydrogen-bond acceptors (Lipinski definition) is 3. The quantitative estimate of drug-likeness (QED) is 0.204. The Morgan fingerprint density at radius 1 is 0.692 bits per heavy atom. The lowest BCUT2D eigenvalue weighted by molar-refractivity contribution is -0.150. The van der Waals surface area contributed by atoms with Crippen molar-refractivity contribution in [1.82, 2.24) is 0 Å². The van der Waals surface area contributed by atoms with Crippen LogP contribution < -0.4 is 0 Å². The summed E-state index contributed by atoms with van der Waals surface area (Å²) in [7, 11) is 0. The van der Waals surface area contributed by atoms with Gasteiger partial charge in [-0.15, -0.1) is 0 Å². The predicted octanol–water partition coefficient (Wildman–Crippen LogP) is 6.65. The molecule has 0 rings (SSSR count). The molecule has 1 N–H and O–H groups in total. The summed E-state index contributed by atoms with van der Waals surface area (Å²) >= 11 is 0. The molecule has 0 aliphatic carbocycles. The summed E-state index contributed by atoms with van der Waals surface area (Å²) < 4.78 is 5.65. The van der Waals surface area contributed by atoms with Gasteiger partial charge in [0.25, 0.3) is 0 Å². The van der Waals surface area contributed by atoms with E-state index >= 15 is 0 Å². The maximum Gasteiger partial charge on any atom is 0.306 e. The summed E-state index contributed by atoms with van der Waals surface area (Å²) in [6, 6.07) is 0. The fourth-order valence-corrected chi connectivity index (χ4v) is 3.17. The van der Waals surface area contributed by atoms with Crippen molar-refractivity contribution in [2.24, 2.45) is 0 Å². The van der Waals surface area contributed by atoms with E-state index in [0.717, 1.165) is 32.1 Å². The minimum Gasteiger partial charge on any atom is -0.481 e. The van der Waals surface area contributed by atoms with Gasteiger partial charge in [-0.2, -0.15) is 0 Å². The van der Waals surface area contributed by atoms with Crippen LogP contribution >= 0.6 is 0 Å². The molecule has 4 heteroatoms. The average molecular weight is 371 g/mol.